The van der Waals surface area contributed by atoms with E-state index in [1.807, 2.05) is 42.6 Å². The third-order valence-corrected chi connectivity index (χ3v) is 5.31. The zero-order valence-corrected chi connectivity index (χ0v) is 13.4. The highest BCUT2D eigenvalue weighted by atomic mass is 16.3. The lowest BCUT2D eigenvalue weighted by Crippen LogP contribution is -2.25. The van der Waals surface area contributed by atoms with Crippen LogP contribution in [0.5, 0.6) is 0 Å². The van der Waals surface area contributed by atoms with Gasteiger partial charge in [0.2, 0.25) is 0 Å². The molecular formula is C21H23NO. The topological polar surface area (TPSA) is 32.6 Å². The zero-order chi connectivity index (χ0) is 15.7. The van der Waals surface area contributed by atoms with Gasteiger partial charge in [-0.1, -0.05) is 67.8 Å². The van der Waals surface area contributed by atoms with Gasteiger partial charge in [0, 0.05) is 18.7 Å². The highest BCUT2D eigenvalue weighted by Crippen LogP contribution is 2.48. The van der Waals surface area contributed by atoms with Gasteiger partial charge in [-0.2, -0.15) is 0 Å². The molecule has 1 N–H and O–H groups in total. The summed E-state index contributed by atoms with van der Waals surface area (Å²) in [5.74, 6) is 0. The molecule has 2 aliphatic rings. The van der Waals surface area contributed by atoms with Gasteiger partial charge >= 0.3 is 0 Å². The van der Waals surface area contributed by atoms with Crippen LogP contribution in [0.1, 0.15) is 49.7 Å². The van der Waals surface area contributed by atoms with Crippen LogP contribution in [0.25, 0.3) is 11.1 Å². The van der Waals surface area contributed by atoms with E-state index in [0.29, 0.717) is 12.5 Å². The monoisotopic (exact) mass is 305 g/mol. The predicted molar refractivity (Wildman–Crippen MR) is 94.9 cm³/mol. The molecule has 118 valence electrons. The maximum absolute atomic E-state index is 11.4. The zero-order valence-electron chi connectivity index (χ0n) is 13.4. The average molecular weight is 305 g/mol. The molecule has 0 aromatic heterocycles. The molecule has 0 amide bonds. The van der Waals surface area contributed by atoms with E-state index in [1.165, 1.54) is 32.1 Å². The van der Waals surface area contributed by atoms with Crippen molar-refractivity contribution >= 4 is 6.21 Å². The molecular weight excluding hydrogens is 282 g/mol. The highest BCUT2D eigenvalue weighted by Gasteiger charge is 2.40. The van der Waals surface area contributed by atoms with Crippen LogP contribution >= 0.6 is 0 Å². The second-order valence-electron chi connectivity index (χ2n) is 6.78. The number of aliphatic hydroxyl groups is 1. The van der Waals surface area contributed by atoms with Crippen molar-refractivity contribution in [2.24, 2.45) is 4.99 Å². The molecule has 2 heteroatoms. The van der Waals surface area contributed by atoms with Crippen LogP contribution in [0.4, 0.5) is 0 Å². The molecule has 23 heavy (non-hydrogen) atoms. The minimum absolute atomic E-state index is 0.458. The largest absolute Gasteiger partial charge is 0.380 e. The van der Waals surface area contributed by atoms with Crippen LogP contribution in [0.2, 0.25) is 0 Å². The lowest BCUT2D eigenvalue weighted by molar-refractivity contribution is 0.0949. The van der Waals surface area contributed by atoms with Gasteiger partial charge in [-0.3, -0.25) is 4.99 Å². The fraction of sp³-hybridized carbons (Fsp3) is 0.381. The molecule has 0 aliphatic heterocycles. The number of aliphatic imine (C=N–C) groups is 1. The third-order valence-electron chi connectivity index (χ3n) is 5.31. The predicted octanol–water partition coefficient (Wildman–Crippen LogP) is 4.70. The maximum Gasteiger partial charge on any atom is 0.121 e. The van der Waals surface area contributed by atoms with Crippen LogP contribution in [-0.4, -0.2) is 17.4 Å². The molecule has 1 saturated carbocycles. The minimum atomic E-state index is -0.939. The number of hydrogen-bond donors (Lipinski definition) is 1. The smallest absolute Gasteiger partial charge is 0.121 e. The van der Waals surface area contributed by atoms with Crippen molar-refractivity contribution < 1.29 is 5.11 Å². The Morgan fingerprint density at radius 1 is 0.913 bits per heavy atom. The Morgan fingerprint density at radius 3 is 2.09 bits per heavy atom. The van der Waals surface area contributed by atoms with E-state index < -0.39 is 5.60 Å². The summed E-state index contributed by atoms with van der Waals surface area (Å²) in [4.78, 5) is 4.75. The molecule has 0 heterocycles. The van der Waals surface area contributed by atoms with Crippen LogP contribution < -0.4 is 0 Å². The summed E-state index contributed by atoms with van der Waals surface area (Å²) in [6, 6.07) is 16.8. The molecule has 0 spiro atoms. The van der Waals surface area contributed by atoms with Gasteiger partial charge in [0.1, 0.15) is 5.60 Å². The molecule has 2 aromatic rings. The number of hydrogen-bond acceptors (Lipinski definition) is 2. The minimum Gasteiger partial charge on any atom is -0.380 e. The summed E-state index contributed by atoms with van der Waals surface area (Å²) >= 11 is 0. The summed E-state index contributed by atoms with van der Waals surface area (Å²) in [5.41, 5.74) is 3.38. The Hall–Kier alpha value is -1.93. The molecule has 0 bridgehead atoms. The number of benzene rings is 2. The maximum atomic E-state index is 11.4. The first-order chi connectivity index (χ1) is 11.3. The second-order valence-corrected chi connectivity index (χ2v) is 6.78. The van der Waals surface area contributed by atoms with Crippen LogP contribution in [0.3, 0.4) is 0 Å². The molecule has 4 rings (SSSR count). The molecule has 2 nitrogen and oxygen atoms in total. The Balaban J connectivity index is 1.65. The summed E-state index contributed by atoms with van der Waals surface area (Å²) in [6.45, 7) is 0. The van der Waals surface area contributed by atoms with Gasteiger partial charge < -0.3 is 5.11 Å². The van der Waals surface area contributed by atoms with Gasteiger partial charge in [-0.25, -0.2) is 0 Å². The van der Waals surface area contributed by atoms with Crippen molar-refractivity contribution in [2.45, 2.75) is 50.2 Å². The average Bonchev–Trinajstić information content (AvgIpc) is 2.86. The van der Waals surface area contributed by atoms with Crippen LogP contribution in [0, 0.1) is 0 Å². The van der Waals surface area contributed by atoms with Gasteiger partial charge in [0.05, 0.1) is 0 Å². The van der Waals surface area contributed by atoms with Crippen molar-refractivity contribution in [1.29, 1.82) is 0 Å². The van der Waals surface area contributed by atoms with Crippen LogP contribution in [-0.2, 0) is 5.60 Å². The number of fused-ring (bicyclic) bond motifs is 3. The standard InChI is InChI=1S/C21H23NO/c23-21(14-15-22-16-8-2-1-3-9-16)19-12-6-4-10-17(19)18-11-5-7-13-20(18)21/h4-7,10-13,15-16,23H,1-3,8-9,14H2. The third kappa shape index (κ3) is 2.51. The fourth-order valence-electron chi connectivity index (χ4n) is 4.09. The highest BCUT2D eigenvalue weighted by molar-refractivity contribution is 5.81. The first-order valence-electron chi connectivity index (χ1n) is 8.72. The first-order valence-corrected chi connectivity index (χ1v) is 8.72. The van der Waals surface area contributed by atoms with E-state index in [9.17, 15) is 5.11 Å². The van der Waals surface area contributed by atoms with E-state index in [4.69, 9.17) is 4.99 Å². The van der Waals surface area contributed by atoms with Crippen molar-refractivity contribution in [1.82, 2.24) is 0 Å². The quantitative estimate of drug-likeness (QED) is 0.819. The Labute approximate surface area is 137 Å². The van der Waals surface area contributed by atoms with Crippen LogP contribution in [0.15, 0.2) is 53.5 Å². The van der Waals surface area contributed by atoms with E-state index in [1.54, 1.807) is 0 Å². The van der Waals surface area contributed by atoms with E-state index in [0.717, 1.165) is 22.3 Å². The van der Waals surface area contributed by atoms with Gasteiger partial charge in [0.25, 0.3) is 0 Å². The van der Waals surface area contributed by atoms with E-state index in [-0.39, 0.29) is 0 Å². The SMILES string of the molecule is OC1(CC=NC2CCCCC2)c2ccccc2-c2ccccc21. The summed E-state index contributed by atoms with van der Waals surface area (Å²) in [7, 11) is 0. The van der Waals surface area contributed by atoms with E-state index >= 15 is 0 Å². The van der Waals surface area contributed by atoms with E-state index in [2.05, 4.69) is 12.1 Å². The second kappa shape index (κ2) is 5.93. The molecule has 0 unspecified atom stereocenters. The summed E-state index contributed by atoms with van der Waals surface area (Å²) in [5, 5.41) is 11.4. The number of rotatable bonds is 3. The lowest BCUT2D eigenvalue weighted by Gasteiger charge is -2.24. The van der Waals surface area contributed by atoms with Crippen molar-refractivity contribution in [3.63, 3.8) is 0 Å². The molecule has 1 fully saturated rings. The van der Waals surface area contributed by atoms with Crippen molar-refractivity contribution in [3.8, 4) is 11.1 Å². The molecule has 2 aliphatic carbocycles. The Bertz CT molecular complexity index is 683. The first kappa shape index (κ1) is 14.6. The van der Waals surface area contributed by atoms with Crippen molar-refractivity contribution in [3.05, 3.63) is 59.7 Å². The molecule has 0 saturated heterocycles. The summed E-state index contributed by atoms with van der Waals surface area (Å²) < 4.78 is 0. The van der Waals surface area contributed by atoms with Gasteiger partial charge in [0.15, 0.2) is 0 Å². The fourth-order valence-corrected chi connectivity index (χ4v) is 4.09. The lowest BCUT2D eigenvalue weighted by atomic mass is 9.88. The van der Waals surface area contributed by atoms with Crippen molar-refractivity contribution in [2.75, 3.05) is 0 Å². The molecule has 2 aromatic carbocycles. The number of nitrogens with zero attached hydrogens (tertiary/aromatic N) is 1. The normalized spacial score (nSPS) is 19.7. The summed E-state index contributed by atoms with van der Waals surface area (Å²) in [6.07, 6.45) is 8.84. The van der Waals surface area contributed by atoms with Gasteiger partial charge in [-0.15, -0.1) is 0 Å². The Morgan fingerprint density at radius 2 is 1.48 bits per heavy atom. The van der Waals surface area contributed by atoms with Gasteiger partial charge in [-0.05, 0) is 35.1 Å². The molecule has 0 atom stereocenters. The Kier molecular flexibility index (Phi) is 3.78. The molecule has 0 radical (unpaired) electrons.